The van der Waals surface area contributed by atoms with Crippen LogP contribution >= 0.6 is 0 Å². The summed E-state index contributed by atoms with van der Waals surface area (Å²) in [6.07, 6.45) is 1.98. The lowest BCUT2D eigenvalue weighted by atomic mass is 10.3. The van der Waals surface area contributed by atoms with E-state index in [4.69, 9.17) is 0 Å². The van der Waals surface area contributed by atoms with Crippen molar-refractivity contribution >= 4 is 10.2 Å². The molecule has 0 aromatic heterocycles. The monoisotopic (exact) mass is 233 g/mol. The van der Waals surface area contributed by atoms with Crippen molar-refractivity contribution in [3.8, 4) is 0 Å². The first-order valence-electron chi connectivity index (χ1n) is 5.60. The van der Waals surface area contributed by atoms with Crippen molar-refractivity contribution in [2.24, 2.45) is 0 Å². The second kappa shape index (κ2) is 4.37. The van der Waals surface area contributed by atoms with Crippen LogP contribution in [0.5, 0.6) is 0 Å². The maximum Gasteiger partial charge on any atom is 0.282 e. The first-order valence-corrected chi connectivity index (χ1v) is 7.00. The van der Waals surface area contributed by atoms with Gasteiger partial charge in [0, 0.05) is 38.8 Å². The molecule has 2 aliphatic heterocycles. The summed E-state index contributed by atoms with van der Waals surface area (Å²) in [5, 5.41) is 3.16. The van der Waals surface area contributed by atoms with E-state index in [2.05, 4.69) is 5.32 Å². The average molecular weight is 233 g/mol. The fourth-order valence-corrected chi connectivity index (χ4v) is 4.13. The molecule has 0 saturated carbocycles. The molecule has 0 aliphatic carbocycles. The molecule has 1 unspecified atom stereocenters. The first kappa shape index (κ1) is 11.3. The summed E-state index contributed by atoms with van der Waals surface area (Å²) in [5.74, 6) is 0. The summed E-state index contributed by atoms with van der Waals surface area (Å²) in [5.41, 5.74) is 0. The highest BCUT2D eigenvalue weighted by Gasteiger charge is 2.36. The van der Waals surface area contributed by atoms with Gasteiger partial charge < -0.3 is 5.32 Å². The van der Waals surface area contributed by atoms with Crippen molar-refractivity contribution in [2.45, 2.75) is 25.8 Å². The van der Waals surface area contributed by atoms with Gasteiger partial charge in [-0.25, -0.2) is 0 Å². The molecule has 0 bridgehead atoms. The molecule has 6 heteroatoms. The Balaban J connectivity index is 2.10. The van der Waals surface area contributed by atoms with E-state index in [0.29, 0.717) is 19.6 Å². The van der Waals surface area contributed by atoms with Crippen molar-refractivity contribution < 1.29 is 8.42 Å². The second-order valence-electron chi connectivity index (χ2n) is 4.26. The Hall–Kier alpha value is -0.170. The van der Waals surface area contributed by atoms with Crippen LogP contribution in [0.3, 0.4) is 0 Å². The highest BCUT2D eigenvalue weighted by atomic mass is 32.2. The SMILES string of the molecule is CC1CCCN1S(=O)(=O)N1CCNCC1. The molecule has 1 N–H and O–H groups in total. The number of nitrogens with one attached hydrogen (secondary N) is 1. The van der Waals surface area contributed by atoms with Crippen LogP contribution in [-0.2, 0) is 10.2 Å². The van der Waals surface area contributed by atoms with Gasteiger partial charge in [-0.3, -0.25) is 0 Å². The minimum atomic E-state index is -3.18. The number of rotatable bonds is 2. The van der Waals surface area contributed by atoms with Crippen LogP contribution in [0, 0.1) is 0 Å². The Morgan fingerprint density at radius 3 is 2.40 bits per heavy atom. The smallest absolute Gasteiger partial charge is 0.282 e. The third kappa shape index (κ3) is 2.18. The fourth-order valence-electron chi connectivity index (χ4n) is 2.27. The molecule has 2 fully saturated rings. The third-order valence-corrected chi connectivity index (χ3v) is 5.34. The van der Waals surface area contributed by atoms with Gasteiger partial charge in [0.15, 0.2) is 0 Å². The lowest BCUT2D eigenvalue weighted by Gasteiger charge is -2.32. The van der Waals surface area contributed by atoms with Gasteiger partial charge in [-0.15, -0.1) is 0 Å². The summed E-state index contributed by atoms with van der Waals surface area (Å²) < 4.78 is 27.7. The molecule has 0 spiro atoms. The quantitative estimate of drug-likeness (QED) is 0.707. The van der Waals surface area contributed by atoms with E-state index < -0.39 is 10.2 Å². The third-order valence-electron chi connectivity index (χ3n) is 3.19. The van der Waals surface area contributed by atoms with E-state index in [9.17, 15) is 8.42 Å². The number of hydrogen-bond acceptors (Lipinski definition) is 3. The summed E-state index contributed by atoms with van der Waals surface area (Å²) in [6.45, 7) is 5.42. The molecule has 2 heterocycles. The maximum absolute atomic E-state index is 12.2. The number of hydrogen-bond donors (Lipinski definition) is 1. The van der Waals surface area contributed by atoms with Gasteiger partial charge in [-0.05, 0) is 19.8 Å². The van der Waals surface area contributed by atoms with Crippen LogP contribution in [0.4, 0.5) is 0 Å². The van der Waals surface area contributed by atoms with E-state index >= 15 is 0 Å². The Morgan fingerprint density at radius 2 is 1.87 bits per heavy atom. The van der Waals surface area contributed by atoms with Gasteiger partial charge in [-0.2, -0.15) is 17.0 Å². The molecule has 0 amide bonds. The van der Waals surface area contributed by atoms with Crippen LogP contribution in [0.1, 0.15) is 19.8 Å². The Kier molecular flexibility index (Phi) is 3.30. The van der Waals surface area contributed by atoms with Crippen LogP contribution in [0.25, 0.3) is 0 Å². The molecule has 2 saturated heterocycles. The molecule has 2 rings (SSSR count). The summed E-state index contributed by atoms with van der Waals surface area (Å²) in [7, 11) is -3.18. The zero-order chi connectivity index (χ0) is 10.9. The van der Waals surface area contributed by atoms with E-state index in [0.717, 1.165) is 25.9 Å². The molecule has 0 radical (unpaired) electrons. The van der Waals surface area contributed by atoms with Crippen molar-refractivity contribution in [3.05, 3.63) is 0 Å². The second-order valence-corrected chi connectivity index (χ2v) is 6.14. The lowest BCUT2D eigenvalue weighted by Crippen LogP contribution is -2.52. The molecular weight excluding hydrogens is 214 g/mol. The normalized spacial score (nSPS) is 30.9. The molecule has 1 atom stereocenters. The lowest BCUT2D eigenvalue weighted by molar-refractivity contribution is 0.309. The summed E-state index contributed by atoms with van der Waals surface area (Å²) in [4.78, 5) is 0. The van der Waals surface area contributed by atoms with Crippen LogP contribution in [0.15, 0.2) is 0 Å². The van der Waals surface area contributed by atoms with Crippen molar-refractivity contribution in [1.29, 1.82) is 0 Å². The molecule has 5 nitrogen and oxygen atoms in total. The molecular formula is C9H19N3O2S. The Labute approximate surface area is 91.6 Å². The van der Waals surface area contributed by atoms with Gasteiger partial charge in [-0.1, -0.05) is 0 Å². The molecule has 15 heavy (non-hydrogen) atoms. The van der Waals surface area contributed by atoms with Gasteiger partial charge in [0.05, 0.1) is 0 Å². The highest BCUT2D eigenvalue weighted by Crippen LogP contribution is 2.22. The standard InChI is InChI=1S/C9H19N3O2S/c1-9-3-2-6-12(9)15(13,14)11-7-4-10-5-8-11/h9-10H,2-8H2,1H3. The summed E-state index contributed by atoms with van der Waals surface area (Å²) >= 11 is 0. The number of piperazine rings is 1. The predicted octanol–water partition coefficient (Wildman–Crippen LogP) is -0.379. The van der Waals surface area contributed by atoms with Crippen molar-refractivity contribution in [3.63, 3.8) is 0 Å². The average Bonchev–Trinajstić information content (AvgIpc) is 2.66. The maximum atomic E-state index is 12.2. The van der Waals surface area contributed by atoms with E-state index in [1.807, 2.05) is 6.92 Å². The topological polar surface area (TPSA) is 52.7 Å². The molecule has 0 aromatic rings. The summed E-state index contributed by atoms with van der Waals surface area (Å²) in [6, 6.07) is 0.171. The van der Waals surface area contributed by atoms with E-state index in [1.54, 1.807) is 8.61 Å². The Bertz CT molecular complexity index is 311. The van der Waals surface area contributed by atoms with Gasteiger partial charge in [0.25, 0.3) is 10.2 Å². The van der Waals surface area contributed by atoms with Crippen LogP contribution in [0.2, 0.25) is 0 Å². The molecule has 0 aromatic carbocycles. The van der Waals surface area contributed by atoms with Crippen LogP contribution < -0.4 is 5.32 Å². The van der Waals surface area contributed by atoms with Crippen LogP contribution in [-0.4, -0.2) is 55.8 Å². The van der Waals surface area contributed by atoms with Gasteiger partial charge in [0.2, 0.25) is 0 Å². The zero-order valence-corrected chi connectivity index (χ0v) is 9.96. The first-order chi connectivity index (χ1) is 7.12. The van der Waals surface area contributed by atoms with Gasteiger partial charge >= 0.3 is 0 Å². The predicted molar refractivity (Wildman–Crippen MR) is 58.8 cm³/mol. The van der Waals surface area contributed by atoms with Gasteiger partial charge in [0.1, 0.15) is 0 Å². The fraction of sp³-hybridized carbons (Fsp3) is 1.00. The number of nitrogens with zero attached hydrogens (tertiary/aromatic N) is 2. The molecule has 88 valence electrons. The van der Waals surface area contributed by atoms with E-state index in [1.165, 1.54) is 0 Å². The highest BCUT2D eigenvalue weighted by molar-refractivity contribution is 7.86. The zero-order valence-electron chi connectivity index (χ0n) is 9.15. The van der Waals surface area contributed by atoms with Crippen molar-refractivity contribution in [2.75, 3.05) is 32.7 Å². The largest absolute Gasteiger partial charge is 0.314 e. The minimum Gasteiger partial charge on any atom is -0.314 e. The Morgan fingerprint density at radius 1 is 1.20 bits per heavy atom. The van der Waals surface area contributed by atoms with Crippen molar-refractivity contribution in [1.82, 2.24) is 13.9 Å². The van der Waals surface area contributed by atoms with E-state index in [-0.39, 0.29) is 6.04 Å². The minimum absolute atomic E-state index is 0.171. The molecule has 2 aliphatic rings.